The number of ether oxygens (including phenoxy) is 2. The van der Waals surface area contributed by atoms with Crippen LogP contribution in [0.25, 0.3) is 0 Å². The molecule has 0 aliphatic heterocycles. The quantitative estimate of drug-likeness (QED) is 0.858. The van der Waals surface area contributed by atoms with E-state index in [2.05, 4.69) is 31.3 Å². The maximum Gasteiger partial charge on any atom is 0.161 e. The van der Waals surface area contributed by atoms with E-state index < -0.39 is 0 Å². The van der Waals surface area contributed by atoms with Crippen LogP contribution in [0.1, 0.15) is 45.6 Å². The highest BCUT2D eigenvalue weighted by Crippen LogP contribution is 2.37. The minimum absolute atomic E-state index is 0.412. The molecule has 2 rings (SSSR count). The number of hydrogen-bond donors (Lipinski definition) is 1. The van der Waals surface area contributed by atoms with Crippen molar-refractivity contribution in [1.29, 1.82) is 0 Å². The van der Waals surface area contributed by atoms with Crippen LogP contribution in [0.2, 0.25) is 0 Å². The molecule has 1 aromatic carbocycles. The molecule has 1 aromatic rings. The lowest BCUT2D eigenvalue weighted by molar-refractivity contribution is 0.282. The molecule has 1 saturated carbocycles. The summed E-state index contributed by atoms with van der Waals surface area (Å²) in [5, 5.41) is 3.69. The molecular formula is C17H27NO2. The Kier molecular flexibility index (Phi) is 4.92. The molecule has 1 aliphatic carbocycles. The second-order valence-electron chi connectivity index (χ2n) is 6.23. The molecule has 1 aliphatic rings. The van der Waals surface area contributed by atoms with Crippen LogP contribution in [-0.4, -0.2) is 19.8 Å². The Morgan fingerprint density at radius 2 is 2.10 bits per heavy atom. The van der Waals surface area contributed by atoms with Crippen molar-refractivity contribution < 1.29 is 9.47 Å². The first-order chi connectivity index (χ1) is 9.56. The Bertz CT molecular complexity index is 443. The first kappa shape index (κ1) is 15.2. The van der Waals surface area contributed by atoms with Crippen molar-refractivity contribution in [2.24, 2.45) is 5.41 Å². The zero-order valence-electron chi connectivity index (χ0n) is 13.2. The van der Waals surface area contributed by atoms with E-state index in [1.54, 1.807) is 7.11 Å². The monoisotopic (exact) mass is 277 g/mol. The van der Waals surface area contributed by atoms with Gasteiger partial charge in [-0.25, -0.2) is 0 Å². The fraction of sp³-hybridized carbons (Fsp3) is 0.647. The molecular weight excluding hydrogens is 250 g/mol. The van der Waals surface area contributed by atoms with E-state index in [-0.39, 0.29) is 0 Å². The number of benzene rings is 1. The van der Waals surface area contributed by atoms with E-state index in [4.69, 9.17) is 9.47 Å². The van der Waals surface area contributed by atoms with Crippen molar-refractivity contribution in [3.05, 3.63) is 23.8 Å². The molecule has 3 nitrogen and oxygen atoms in total. The molecule has 1 fully saturated rings. The Hall–Kier alpha value is -1.22. The van der Waals surface area contributed by atoms with Gasteiger partial charge in [0.1, 0.15) is 0 Å². The Morgan fingerprint density at radius 3 is 2.70 bits per heavy atom. The molecule has 1 unspecified atom stereocenters. The molecule has 0 amide bonds. The van der Waals surface area contributed by atoms with Crippen molar-refractivity contribution >= 4 is 0 Å². The standard InChI is InChI=1S/C17H27NO2/c1-5-20-14-9-8-13(11-15(14)19-4)12-18-16-7-6-10-17(16,2)3/h8-9,11,16,18H,5-7,10,12H2,1-4H3. The predicted octanol–water partition coefficient (Wildman–Crippen LogP) is 3.76. The minimum Gasteiger partial charge on any atom is -0.493 e. The van der Waals surface area contributed by atoms with Crippen molar-refractivity contribution in [2.75, 3.05) is 13.7 Å². The molecule has 0 heterocycles. The third kappa shape index (κ3) is 3.45. The summed E-state index contributed by atoms with van der Waals surface area (Å²) < 4.78 is 10.9. The Balaban J connectivity index is 1.99. The maximum absolute atomic E-state index is 5.55. The van der Waals surface area contributed by atoms with Gasteiger partial charge in [0.2, 0.25) is 0 Å². The summed E-state index contributed by atoms with van der Waals surface area (Å²) in [6, 6.07) is 6.79. The summed E-state index contributed by atoms with van der Waals surface area (Å²) in [5.74, 6) is 1.64. The maximum atomic E-state index is 5.55. The van der Waals surface area contributed by atoms with Gasteiger partial charge in [0.25, 0.3) is 0 Å². The van der Waals surface area contributed by atoms with Gasteiger partial charge in [-0.1, -0.05) is 26.3 Å². The Labute approximate surface area is 122 Å². The summed E-state index contributed by atoms with van der Waals surface area (Å²) in [6.45, 7) is 8.24. The molecule has 20 heavy (non-hydrogen) atoms. The van der Waals surface area contributed by atoms with Gasteiger partial charge in [0, 0.05) is 12.6 Å². The Morgan fingerprint density at radius 1 is 1.30 bits per heavy atom. The summed E-state index contributed by atoms with van der Waals surface area (Å²) in [7, 11) is 1.69. The molecule has 1 N–H and O–H groups in total. The van der Waals surface area contributed by atoms with Crippen LogP contribution in [-0.2, 0) is 6.54 Å². The predicted molar refractivity (Wildman–Crippen MR) is 82.4 cm³/mol. The molecule has 1 atom stereocenters. The molecule has 112 valence electrons. The van der Waals surface area contributed by atoms with E-state index in [0.29, 0.717) is 18.1 Å². The van der Waals surface area contributed by atoms with Crippen molar-refractivity contribution in [3.63, 3.8) is 0 Å². The van der Waals surface area contributed by atoms with Gasteiger partial charge in [0.05, 0.1) is 13.7 Å². The zero-order chi connectivity index (χ0) is 14.6. The van der Waals surface area contributed by atoms with Crippen LogP contribution in [0.15, 0.2) is 18.2 Å². The number of hydrogen-bond acceptors (Lipinski definition) is 3. The summed E-state index contributed by atoms with van der Waals surface area (Å²) >= 11 is 0. The first-order valence-corrected chi connectivity index (χ1v) is 7.60. The van der Waals surface area contributed by atoms with Crippen molar-refractivity contribution in [1.82, 2.24) is 5.32 Å². The average Bonchev–Trinajstić information content (AvgIpc) is 2.77. The van der Waals surface area contributed by atoms with E-state index >= 15 is 0 Å². The van der Waals surface area contributed by atoms with E-state index in [0.717, 1.165) is 18.0 Å². The third-order valence-corrected chi connectivity index (χ3v) is 4.34. The van der Waals surface area contributed by atoms with E-state index in [9.17, 15) is 0 Å². The van der Waals surface area contributed by atoms with E-state index in [1.807, 2.05) is 13.0 Å². The van der Waals surface area contributed by atoms with Crippen molar-refractivity contribution in [3.8, 4) is 11.5 Å². The van der Waals surface area contributed by atoms with Crippen LogP contribution in [0.5, 0.6) is 11.5 Å². The fourth-order valence-corrected chi connectivity index (χ4v) is 3.04. The smallest absolute Gasteiger partial charge is 0.161 e. The number of rotatable bonds is 6. The highest BCUT2D eigenvalue weighted by molar-refractivity contribution is 5.42. The van der Waals surface area contributed by atoms with Gasteiger partial charge in [0.15, 0.2) is 11.5 Å². The molecule has 0 radical (unpaired) electrons. The lowest BCUT2D eigenvalue weighted by atomic mass is 9.87. The first-order valence-electron chi connectivity index (χ1n) is 7.60. The average molecular weight is 277 g/mol. The van der Waals surface area contributed by atoms with E-state index in [1.165, 1.54) is 24.8 Å². The molecule has 0 bridgehead atoms. The minimum atomic E-state index is 0.412. The van der Waals surface area contributed by atoms with Gasteiger partial charge in [-0.05, 0) is 42.9 Å². The van der Waals surface area contributed by atoms with Crippen LogP contribution in [0, 0.1) is 5.41 Å². The highest BCUT2D eigenvalue weighted by atomic mass is 16.5. The van der Waals surface area contributed by atoms with Gasteiger partial charge in [-0.15, -0.1) is 0 Å². The lowest BCUT2D eigenvalue weighted by Gasteiger charge is -2.28. The van der Waals surface area contributed by atoms with Gasteiger partial charge in [-0.2, -0.15) is 0 Å². The fourth-order valence-electron chi connectivity index (χ4n) is 3.04. The van der Waals surface area contributed by atoms with Gasteiger partial charge < -0.3 is 14.8 Å². The topological polar surface area (TPSA) is 30.5 Å². The SMILES string of the molecule is CCOc1ccc(CNC2CCCC2(C)C)cc1OC. The van der Waals surface area contributed by atoms with Crippen LogP contribution in [0.3, 0.4) is 0 Å². The lowest BCUT2D eigenvalue weighted by Crippen LogP contribution is -2.37. The second-order valence-corrected chi connectivity index (χ2v) is 6.23. The summed E-state index contributed by atoms with van der Waals surface area (Å²) in [5.41, 5.74) is 1.66. The zero-order valence-corrected chi connectivity index (χ0v) is 13.2. The summed E-state index contributed by atoms with van der Waals surface area (Å²) in [6.07, 6.45) is 3.93. The van der Waals surface area contributed by atoms with Gasteiger partial charge >= 0.3 is 0 Å². The van der Waals surface area contributed by atoms with Crippen LogP contribution < -0.4 is 14.8 Å². The molecule has 0 saturated heterocycles. The van der Waals surface area contributed by atoms with Crippen molar-refractivity contribution in [2.45, 2.75) is 52.6 Å². The van der Waals surface area contributed by atoms with Crippen LogP contribution >= 0.6 is 0 Å². The van der Waals surface area contributed by atoms with Gasteiger partial charge in [-0.3, -0.25) is 0 Å². The normalized spacial score (nSPS) is 20.9. The second kappa shape index (κ2) is 6.49. The molecule has 0 spiro atoms. The third-order valence-electron chi connectivity index (χ3n) is 4.34. The van der Waals surface area contributed by atoms with Crippen LogP contribution in [0.4, 0.5) is 0 Å². The molecule has 0 aromatic heterocycles. The number of nitrogens with one attached hydrogen (secondary N) is 1. The summed E-state index contributed by atoms with van der Waals surface area (Å²) in [4.78, 5) is 0. The largest absolute Gasteiger partial charge is 0.493 e. The molecule has 3 heteroatoms. The number of methoxy groups -OCH3 is 1. The highest BCUT2D eigenvalue weighted by Gasteiger charge is 2.33.